The molecular formula is C8H21N3. The van der Waals surface area contributed by atoms with Gasteiger partial charge in [-0.1, -0.05) is 13.8 Å². The molecule has 0 aromatic rings. The zero-order valence-corrected chi connectivity index (χ0v) is 7.71. The minimum Gasteiger partial charge on any atom is -0.316 e. The molecule has 3 nitrogen and oxygen atoms in total. The van der Waals surface area contributed by atoms with E-state index in [1.807, 2.05) is 0 Å². The first-order chi connectivity index (χ1) is 5.20. The van der Waals surface area contributed by atoms with Crippen LogP contribution >= 0.6 is 0 Å². The van der Waals surface area contributed by atoms with Gasteiger partial charge in [0.15, 0.2) is 0 Å². The van der Waals surface area contributed by atoms with E-state index in [1.165, 1.54) is 0 Å². The van der Waals surface area contributed by atoms with Crippen LogP contribution in [0.1, 0.15) is 26.7 Å². The molecule has 11 heavy (non-hydrogen) atoms. The molecule has 0 aliphatic carbocycles. The van der Waals surface area contributed by atoms with Crippen LogP contribution < -0.4 is 11.5 Å². The molecule has 0 rings (SSSR count). The number of hydrogen-bond acceptors (Lipinski definition) is 3. The summed E-state index contributed by atoms with van der Waals surface area (Å²) in [5.41, 5.74) is 10.8. The van der Waals surface area contributed by atoms with Crippen molar-refractivity contribution in [2.24, 2.45) is 11.5 Å². The lowest BCUT2D eigenvalue weighted by molar-refractivity contribution is 0.293. The molecule has 0 spiro atoms. The summed E-state index contributed by atoms with van der Waals surface area (Å²) in [6.07, 6.45) is 1.90. The van der Waals surface area contributed by atoms with Gasteiger partial charge in [-0.2, -0.15) is 0 Å². The van der Waals surface area contributed by atoms with E-state index in [0.29, 0.717) is 0 Å². The average Bonchev–Trinajstić information content (AvgIpc) is 1.98. The van der Waals surface area contributed by atoms with Crippen LogP contribution in [0.4, 0.5) is 0 Å². The van der Waals surface area contributed by atoms with Crippen molar-refractivity contribution in [2.75, 3.05) is 19.6 Å². The Kier molecular flexibility index (Phi) is 6.51. The zero-order valence-electron chi connectivity index (χ0n) is 7.71. The summed E-state index contributed by atoms with van der Waals surface area (Å²) in [6.45, 7) is 7.71. The predicted octanol–water partition coefficient (Wildman–Crippen LogP) is 0.352. The highest BCUT2D eigenvalue weighted by Crippen LogP contribution is 1.94. The van der Waals surface area contributed by atoms with E-state index < -0.39 is 0 Å². The first kappa shape index (κ1) is 10.9. The van der Waals surface area contributed by atoms with Crippen molar-refractivity contribution in [1.29, 1.82) is 0 Å². The van der Waals surface area contributed by atoms with E-state index >= 15 is 0 Å². The van der Waals surface area contributed by atoms with Gasteiger partial charge in [0.2, 0.25) is 0 Å². The van der Waals surface area contributed by atoms with Crippen molar-refractivity contribution in [3.05, 3.63) is 0 Å². The Morgan fingerprint density at radius 2 is 1.73 bits per heavy atom. The van der Waals surface area contributed by atoms with Crippen LogP contribution in [-0.4, -0.2) is 30.7 Å². The molecular weight excluding hydrogens is 138 g/mol. The average molecular weight is 159 g/mol. The van der Waals surface area contributed by atoms with Gasteiger partial charge in [0, 0.05) is 0 Å². The van der Waals surface area contributed by atoms with E-state index in [0.717, 1.165) is 32.5 Å². The van der Waals surface area contributed by atoms with Gasteiger partial charge in [0.05, 0.1) is 6.17 Å². The molecule has 3 heteroatoms. The molecule has 0 saturated heterocycles. The van der Waals surface area contributed by atoms with Gasteiger partial charge in [0.25, 0.3) is 0 Å². The Hall–Kier alpha value is -0.120. The SMILES string of the molecule is CCN(CC)CCCC(N)N. The Balaban J connectivity index is 3.21. The Bertz CT molecular complexity index is 79.4. The van der Waals surface area contributed by atoms with Crippen molar-refractivity contribution < 1.29 is 0 Å². The minimum atomic E-state index is -0.134. The molecule has 0 fully saturated rings. The van der Waals surface area contributed by atoms with E-state index in [4.69, 9.17) is 11.5 Å². The van der Waals surface area contributed by atoms with Crippen LogP contribution in [0.15, 0.2) is 0 Å². The van der Waals surface area contributed by atoms with Crippen molar-refractivity contribution in [3.63, 3.8) is 0 Å². The van der Waals surface area contributed by atoms with E-state index in [-0.39, 0.29) is 6.17 Å². The number of nitrogens with two attached hydrogens (primary N) is 2. The standard InChI is InChI=1S/C8H21N3/c1-3-11(4-2)7-5-6-8(9)10/h8H,3-7,9-10H2,1-2H3. The lowest BCUT2D eigenvalue weighted by atomic mass is 10.2. The predicted molar refractivity (Wildman–Crippen MR) is 49.2 cm³/mol. The Morgan fingerprint density at radius 1 is 1.18 bits per heavy atom. The molecule has 0 saturated carbocycles. The lowest BCUT2D eigenvalue weighted by Gasteiger charge is -2.17. The maximum Gasteiger partial charge on any atom is 0.0521 e. The third-order valence-corrected chi connectivity index (χ3v) is 1.91. The smallest absolute Gasteiger partial charge is 0.0521 e. The first-order valence-corrected chi connectivity index (χ1v) is 4.44. The van der Waals surface area contributed by atoms with Crippen LogP contribution in [0.25, 0.3) is 0 Å². The lowest BCUT2D eigenvalue weighted by Crippen LogP contribution is -2.32. The van der Waals surface area contributed by atoms with Gasteiger partial charge in [-0.05, 0) is 32.5 Å². The van der Waals surface area contributed by atoms with Gasteiger partial charge in [-0.15, -0.1) is 0 Å². The summed E-state index contributed by atoms with van der Waals surface area (Å²) in [4.78, 5) is 2.38. The van der Waals surface area contributed by atoms with Gasteiger partial charge in [-0.25, -0.2) is 0 Å². The highest BCUT2D eigenvalue weighted by Gasteiger charge is 1.99. The van der Waals surface area contributed by atoms with Gasteiger partial charge in [-0.3, -0.25) is 0 Å². The van der Waals surface area contributed by atoms with E-state index in [2.05, 4.69) is 18.7 Å². The van der Waals surface area contributed by atoms with E-state index in [1.54, 1.807) is 0 Å². The highest BCUT2D eigenvalue weighted by atomic mass is 15.1. The molecule has 0 unspecified atom stereocenters. The van der Waals surface area contributed by atoms with Gasteiger partial charge >= 0.3 is 0 Å². The fourth-order valence-corrected chi connectivity index (χ4v) is 1.09. The molecule has 0 heterocycles. The summed E-state index contributed by atoms with van der Waals surface area (Å²) in [6, 6.07) is 0. The van der Waals surface area contributed by atoms with Gasteiger partial charge in [0.1, 0.15) is 0 Å². The van der Waals surface area contributed by atoms with Crippen LogP contribution in [-0.2, 0) is 0 Å². The molecule has 4 N–H and O–H groups in total. The van der Waals surface area contributed by atoms with Crippen molar-refractivity contribution >= 4 is 0 Å². The number of hydrogen-bond donors (Lipinski definition) is 2. The maximum atomic E-state index is 5.42. The fraction of sp³-hybridized carbons (Fsp3) is 1.00. The summed E-state index contributed by atoms with van der Waals surface area (Å²) in [5.74, 6) is 0. The highest BCUT2D eigenvalue weighted by molar-refractivity contribution is 4.56. The summed E-state index contributed by atoms with van der Waals surface area (Å²) < 4.78 is 0. The third kappa shape index (κ3) is 6.28. The molecule has 0 aliphatic rings. The zero-order chi connectivity index (χ0) is 8.69. The van der Waals surface area contributed by atoms with Crippen molar-refractivity contribution in [1.82, 2.24) is 4.90 Å². The Morgan fingerprint density at radius 3 is 2.09 bits per heavy atom. The monoisotopic (exact) mass is 159 g/mol. The molecule has 0 aromatic heterocycles. The summed E-state index contributed by atoms with van der Waals surface area (Å²) >= 11 is 0. The van der Waals surface area contributed by atoms with Crippen LogP contribution in [0.3, 0.4) is 0 Å². The number of rotatable bonds is 6. The van der Waals surface area contributed by atoms with Crippen LogP contribution in [0.2, 0.25) is 0 Å². The molecule has 0 aliphatic heterocycles. The molecule has 0 atom stereocenters. The van der Waals surface area contributed by atoms with Gasteiger partial charge < -0.3 is 16.4 Å². The molecule has 68 valence electrons. The summed E-state index contributed by atoms with van der Waals surface area (Å²) in [7, 11) is 0. The summed E-state index contributed by atoms with van der Waals surface area (Å²) in [5, 5.41) is 0. The molecule has 0 aromatic carbocycles. The Labute approximate surface area is 69.7 Å². The second-order valence-electron chi connectivity index (χ2n) is 2.83. The number of nitrogens with zero attached hydrogens (tertiary/aromatic N) is 1. The first-order valence-electron chi connectivity index (χ1n) is 4.44. The quantitative estimate of drug-likeness (QED) is 0.550. The van der Waals surface area contributed by atoms with Crippen molar-refractivity contribution in [2.45, 2.75) is 32.9 Å². The minimum absolute atomic E-state index is 0.134. The van der Waals surface area contributed by atoms with Crippen LogP contribution in [0.5, 0.6) is 0 Å². The normalized spacial score (nSPS) is 11.5. The second kappa shape index (κ2) is 6.58. The van der Waals surface area contributed by atoms with E-state index in [9.17, 15) is 0 Å². The third-order valence-electron chi connectivity index (χ3n) is 1.91. The molecule has 0 radical (unpaired) electrons. The topological polar surface area (TPSA) is 55.3 Å². The second-order valence-corrected chi connectivity index (χ2v) is 2.83. The van der Waals surface area contributed by atoms with Crippen LogP contribution in [0, 0.1) is 0 Å². The largest absolute Gasteiger partial charge is 0.316 e. The van der Waals surface area contributed by atoms with Crippen molar-refractivity contribution in [3.8, 4) is 0 Å². The molecule has 0 amide bonds. The molecule has 0 bridgehead atoms. The maximum absolute atomic E-state index is 5.42. The fourth-order valence-electron chi connectivity index (χ4n) is 1.09.